The first-order valence-electron chi connectivity index (χ1n) is 9.46. The van der Waals surface area contributed by atoms with Crippen LogP contribution in [0.5, 0.6) is 0 Å². The van der Waals surface area contributed by atoms with E-state index in [9.17, 15) is 4.79 Å². The molecule has 1 aromatic heterocycles. The third kappa shape index (κ3) is 4.95. The average Bonchev–Trinajstić information content (AvgIpc) is 3.06. The molecular formula is C22H27N3O2. The van der Waals surface area contributed by atoms with Crippen molar-refractivity contribution in [2.45, 2.75) is 38.8 Å². The van der Waals surface area contributed by atoms with Gasteiger partial charge in [-0.15, -0.1) is 0 Å². The van der Waals surface area contributed by atoms with Crippen LogP contribution >= 0.6 is 0 Å². The second-order valence-electron chi connectivity index (χ2n) is 6.73. The van der Waals surface area contributed by atoms with E-state index in [1.807, 2.05) is 43.3 Å². The summed E-state index contributed by atoms with van der Waals surface area (Å²) in [5.41, 5.74) is 3.27. The predicted octanol–water partition coefficient (Wildman–Crippen LogP) is 3.88. The van der Waals surface area contributed by atoms with Crippen molar-refractivity contribution in [3.63, 3.8) is 0 Å². The van der Waals surface area contributed by atoms with Crippen LogP contribution in [0.15, 0.2) is 54.6 Å². The summed E-state index contributed by atoms with van der Waals surface area (Å²) in [4.78, 5) is 17.1. The summed E-state index contributed by atoms with van der Waals surface area (Å²) in [5, 5.41) is 3.10. The number of carbonyl (C=O) groups excluding carboxylic acids is 1. The summed E-state index contributed by atoms with van der Waals surface area (Å²) in [6.45, 7) is 3.30. The van der Waals surface area contributed by atoms with Crippen molar-refractivity contribution < 1.29 is 9.53 Å². The predicted molar refractivity (Wildman–Crippen MR) is 108 cm³/mol. The zero-order valence-corrected chi connectivity index (χ0v) is 16.0. The van der Waals surface area contributed by atoms with E-state index in [2.05, 4.69) is 28.1 Å². The van der Waals surface area contributed by atoms with Crippen molar-refractivity contribution in [2.75, 3.05) is 13.7 Å². The number of aryl methyl sites for hydroxylation is 1. The Hall–Kier alpha value is -2.66. The fraction of sp³-hybridized carbons (Fsp3) is 0.364. The highest BCUT2D eigenvalue weighted by Crippen LogP contribution is 2.21. The van der Waals surface area contributed by atoms with E-state index >= 15 is 0 Å². The molecule has 5 nitrogen and oxygen atoms in total. The van der Waals surface area contributed by atoms with E-state index in [-0.39, 0.29) is 11.9 Å². The van der Waals surface area contributed by atoms with Crippen molar-refractivity contribution in [3.8, 4) is 0 Å². The summed E-state index contributed by atoms with van der Waals surface area (Å²) in [6, 6.07) is 18.1. The van der Waals surface area contributed by atoms with Crippen LogP contribution in [-0.2, 0) is 22.5 Å². The molecule has 1 heterocycles. The summed E-state index contributed by atoms with van der Waals surface area (Å²) < 4.78 is 7.37. The Labute approximate surface area is 160 Å². The molecule has 3 rings (SSSR count). The molecule has 142 valence electrons. The van der Waals surface area contributed by atoms with Gasteiger partial charge in [0.2, 0.25) is 5.91 Å². The van der Waals surface area contributed by atoms with E-state index in [0.29, 0.717) is 19.6 Å². The number of hydrogen-bond acceptors (Lipinski definition) is 3. The number of amides is 1. The summed E-state index contributed by atoms with van der Waals surface area (Å²) >= 11 is 0. The van der Waals surface area contributed by atoms with Gasteiger partial charge in [0.05, 0.1) is 23.7 Å². The molecule has 0 radical (unpaired) electrons. The van der Waals surface area contributed by atoms with E-state index in [1.54, 1.807) is 7.11 Å². The minimum absolute atomic E-state index is 0.0591. The molecule has 0 aliphatic rings. The zero-order chi connectivity index (χ0) is 19.1. The lowest BCUT2D eigenvalue weighted by Crippen LogP contribution is -2.29. The number of carbonyl (C=O) groups is 1. The Balaban J connectivity index is 1.62. The number of ether oxygens (including phenoxy) is 1. The maximum atomic E-state index is 12.4. The lowest BCUT2D eigenvalue weighted by Gasteiger charge is -2.16. The van der Waals surface area contributed by atoms with Gasteiger partial charge in [0.15, 0.2) is 0 Å². The molecule has 0 bridgehead atoms. The van der Waals surface area contributed by atoms with Crippen LogP contribution < -0.4 is 5.32 Å². The lowest BCUT2D eigenvalue weighted by molar-refractivity contribution is -0.121. The normalized spacial score (nSPS) is 12.2. The number of nitrogens with one attached hydrogen (secondary N) is 1. The third-order valence-electron chi connectivity index (χ3n) is 4.68. The van der Waals surface area contributed by atoms with E-state index in [1.165, 1.54) is 5.56 Å². The molecule has 1 N–H and O–H groups in total. The first-order chi connectivity index (χ1) is 13.2. The van der Waals surface area contributed by atoms with Gasteiger partial charge in [-0.05, 0) is 37.5 Å². The third-order valence-corrected chi connectivity index (χ3v) is 4.68. The number of fused-ring (bicyclic) bond motifs is 1. The van der Waals surface area contributed by atoms with Gasteiger partial charge < -0.3 is 14.6 Å². The lowest BCUT2D eigenvalue weighted by atomic mass is 10.1. The minimum Gasteiger partial charge on any atom is -0.383 e. The smallest absolute Gasteiger partial charge is 0.220 e. The maximum Gasteiger partial charge on any atom is 0.220 e. The van der Waals surface area contributed by atoms with Gasteiger partial charge in [0.25, 0.3) is 0 Å². The molecule has 0 aliphatic heterocycles. The number of aromatic nitrogens is 2. The Kier molecular flexibility index (Phi) is 6.60. The minimum atomic E-state index is -0.154. The summed E-state index contributed by atoms with van der Waals surface area (Å²) in [7, 11) is 1.69. The Bertz CT molecular complexity index is 874. The molecule has 0 saturated heterocycles. The molecule has 27 heavy (non-hydrogen) atoms. The molecule has 0 saturated carbocycles. The van der Waals surface area contributed by atoms with Crippen molar-refractivity contribution in [2.24, 2.45) is 0 Å². The molecule has 5 heteroatoms. The van der Waals surface area contributed by atoms with Gasteiger partial charge in [0, 0.05) is 20.1 Å². The number of para-hydroxylation sites is 2. The number of methoxy groups -OCH3 is 1. The fourth-order valence-corrected chi connectivity index (χ4v) is 3.32. The molecule has 0 unspecified atom stereocenters. The van der Waals surface area contributed by atoms with Crippen LogP contribution in [0.25, 0.3) is 11.0 Å². The molecule has 0 aliphatic carbocycles. The van der Waals surface area contributed by atoms with Gasteiger partial charge in [-0.1, -0.05) is 42.5 Å². The monoisotopic (exact) mass is 365 g/mol. The standard InChI is InChI=1S/C22H27N3O2/c1-17(23-21(26)14-8-11-18-9-4-3-5-10-18)22-24-19-12-6-7-13-20(19)25(22)15-16-27-2/h3-7,9-10,12-13,17H,8,11,14-16H2,1-2H3,(H,23,26)/t17-/m1/s1. The molecule has 1 atom stereocenters. The van der Waals surface area contributed by atoms with Gasteiger partial charge in [0.1, 0.15) is 5.82 Å². The zero-order valence-electron chi connectivity index (χ0n) is 16.0. The highest BCUT2D eigenvalue weighted by Gasteiger charge is 2.18. The van der Waals surface area contributed by atoms with Crippen LogP contribution in [0.1, 0.15) is 37.2 Å². The van der Waals surface area contributed by atoms with Crippen molar-refractivity contribution in [3.05, 3.63) is 66.0 Å². The molecule has 1 amide bonds. The van der Waals surface area contributed by atoms with Gasteiger partial charge >= 0.3 is 0 Å². The van der Waals surface area contributed by atoms with Crippen molar-refractivity contribution >= 4 is 16.9 Å². The number of rotatable bonds is 9. The Morgan fingerprint density at radius 2 is 1.89 bits per heavy atom. The molecular weight excluding hydrogens is 338 g/mol. The largest absolute Gasteiger partial charge is 0.383 e. The number of nitrogens with zero attached hydrogens (tertiary/aromatic N) is 2. The Morgan fingerprint density at radius 1 is 1.15 bits per heavy atom. The maximum absolute atomic E-state index is 12.4. The van der Waals surface area contributed by atoms with Crippen LogP contribution in [0, 0.1) is 0 Å². The average molecular weight is 365 g/mol. The van der Waals surface area contributed by atoms with E-state index < -0.39 is 0 Å². The first-order valence-corrected chi connectivity index (χ1v) is 9.46. The summed E-state index contributed by atoms with van der Waals surface area (Å²) in [6.07, 6.45) is 2.26. The highest BCUT2D eigenvalue weighted by molar-refractivity contribution is 5.78. The van der Waals surface area contributed by atoms with Gasteiger partial charge in [-0.2, -0.15) is 0 Å². The number of benzene rings is 2. The molecule has 3 aromatic rings. The topological polar surface area (TPSA) is 56.1 Å². The van der Waals surface area contributed by atoms with Crippen LogP contribution in [0.2, 0.25) is 0 Å². The quantitative estimate of drug-likeness (QED) is 0.626. The first kappa shape index (κ1) is 19.1. The van der Waals surface area contributed by atoms with Gasteiger partial charge in [-0.3, -0.25) is 4.79 Å². The van der Waals surface area contributed by atoms with E-state index in [4.69, 9.17) is 9.72 Å². The summed E-state index contributed by atoms with van der Waals surface area (Å²) in [5.74, 6) is 0.924. The second-order valence-corrected chi connectivity index (χ2v) is 6.73. The highest BCUT2D eigenvalue weighted by atomic mass is 16.5. The molecule has 0 spiro atoms. The van der Waals surface area contributed by atoms with Crippen molar-refractivity contribution in [1.82, 2.24) is 14.9 Å². The SMILES string of the molecule is COCCn1c([C@@H](C)NC(=O)CCCc2ccccc2)nc2ccccc21. The van der Waals surface area contributed by atoms with Crippen molar-refractivity contribution in [1.29, 1.82) is 0 Å². The fourth-order valence-electron chi connectivity index (χ4n) is 3.32. The van der Waals surface area contributed by atoms with Crippen LogP contribution in [0.3, 0.4) is 0 Å². The van der Waals surface area contributed by atoms with Crippen LogP contribution in [0.4, 0.5) is 0 Å². The molecule has 2 aromatic carbocycles. The van der Waals surface area contributed by atoms with Crippen LogP contribution in [-0.4, -0.2) is 29.2 Å². The Morgan fingerprint density at radius 3 is 2.67 bits per heavy atom. The number of imidazole rings is 1. The number of hydrogen-bond donors (Lipinski definition) is 1. The molecule has 0 fully saturated rings. The van der Waals surface area contributed by atoms with E-state index in [0.717, 1.165) is 29.7 Å². The second kappa shape index (κ2) is 9.33. The van der Waals surface area contributed by atoms with Gasteiger partial charge in [-0.25, -0.2) is 4.98 Å².